The van der Waals surface area contributed by atoms with Gasteiger partial charge in [-0.25, -0.2) is 0 Å². The fraction of sp³-hybridized carbons (Fsp3) is 0.500. The summed E-state index contributed by atoms with van der Waals surface area (Å²) < 4.78 is 2.00. The second kappa shape index (κ2) is 7.83. The van der Waals surface area contributed by atoms with E-state index in [4.69, 9.17) is 0 Å². The van der Waals surface area contributed by atoms with Crippen LogP contribution in [0.5, 0.6) is 0 Å². The molecular weight excluding hydrogens is 312 g/mol. The quantitative estimate of drug-likeness (QED) is 0.910. The minimum Gasteiger partial charge on any atom is -0.339 e. The highest BCUT2D eigenvalue weighted by molar-refractivity contribution is 5.94. The Hall–Kier alpha value is -2.14. The predicted molar refractivity (Wildman–Crippen MR) is 99.8 cm³/mol. The second-order valence-electron chi connectivity index (χ2n) is 7.07. The fourth-order valence-corrected chi connectivity index (χ4v) is 3.57. The highest BCUT2D eigenvalue weighted by atomic mass is 16.2. The molecule has 1 aromatic heterocycles. The van der Waals surface area contributed by atoms with E-state index in [9.17, 15) is 4.79 Å². The molecule has 0 atom stereocenters. The zero-order valence-corrected chi connectivity index (χ0v) is 15.5. The zero-order chi connectivity index (χ0) is 17.8. The van der Waals surface area contributed by atoms with Crippen LogP contribution in [0, 0.1) is 19.8 Å². The van der Waals surface area contributed by atoms with Crippen molar-refractivity contribution >= 4 is 5.91 Å². The van der Waals surface area contributed by atoms with Gasteiger partial charge in [0.1, 0.15) is 0 Å². The molecule has 134 valence electrons. The minimum absolute atomic E-state index is 0.153. The molecule has 0 aliphatic carbocycles. The van der Waals surface area contributed by atoms with E-state index in [0.717, 1.165) is 61.5 Å². The number of carbonyl (C=O) groups is 1. The Bertz CT molecular complexity index is 712. The van der Waals surface area contributed by atoms with Crippen LogP contribution < -0.4 is 5.32 Å². The van der Waals surface area contributed by atoms with Crippen molar-refractivity contribution in [3.8, 4) is 0 Å². The molecule has 0 saturated carbocycles. The Labute approximate surface area is 150 Å². The van der Waals surface area contributed by atoms with Crippen LogP contribution in [0.3, 0.4) is 0 Å². The number of benzene rings is 1. The summed E-state index contributed by atoms with van der Waals surface area (Å²) in [4.78, 5) is 14.7. The van der Waals surface area contributed by atoms with E-state index in [1.54, 1.807) is 0 Å². The Morgan fingerprint density at radius 2 is 1.88 bits per heavy atom. The van der Waals surface area contributed by atoms with Gasteiger partial charge < -0.3 is 10.2 Å². The van der Waals surface area contributed by atoms with E-state index in [-0.39, 0.29) is 5.91 Å². The molecule has 1 fully saturated rings. The molecule has 1 N–H and O–H groups in total. The summed E-state index contributed by atoms with van der Waals surface area (Å²) in [6, 6.07) is 10.1. The third-order valence-corrected chi connectivity index (χ3v) is 5.03. The molecule has 0 unspecified atom stereocenters. The van der Waals surface area contributed by atoms with Gasteiger partial charge in [0, 0.05) is 24.3 Å². The van der Waals surface area contributed by atoms with Crippen molar-refractivity contribution in [1.29, 1.82) is 0 Å². The number of nitrogens with zero attached hydrogens (tertiary/aromatic N) is 3. The molecule has 5 heteroatoms. The number of rotatable bonds is 5. The lowest BCUT2D eigenvalue weighted by molar-refractivity contribution is 0.0691. The first-order chi connectivity index (χ1) is 12.1. The van der Waals surface area contributed by atoms with E-state index in [1.165, 1.54) is 0 Å². The third kappa shape index (κ3) is 4.28. The zero-order valence-electron chi connectivity index (χ0n) is 15.5. The van der Waals surface area contributed by atoms with E-state index in [2.05, 4.69) is 23.4 Å². The Balaban J connectivity index is 1.60. The maximum Gasteiger partial charge on any atom is 0.253 e. The second-order valence-corrected chi connectivity index (χ2v) is 7.07. The van der Waals surface area contributed by atoms with Gasteiger partial charge in [-0.15, -0.1) is 0 Å². The summed E-state index contributed by atoms with van der Waals surface area (Å²) >= 11 is 0. The van der Waals surface area contributed by atoms with Crippen molar-refractivity contribution in [3.05, 3.63) is 52.8 Å². The number of nitrogens with one attached hydrogen (secondary N) is 1. The van der Waals surface area contributed by atoms with Crippen LogP contribution in [0.25, 0.3) is 0 Å². The van der Waals surface area contributed by atoms with Crippen LogP contribution in [-0.2, 0) is 6.54 Å². The van der Waals surface area contributed by atoms with E-state index in [0.29, 0.717) is 5.92 Å². The van der Waals surface area contributed by atoms with Gasteiger partial charge in [0.15, 0.2) is 0 Å². The van der Waals surface area contributed by atoms with Gasteiger partial charge in [-0.1, -0.05) is 12.1 Å². The number of likely N-dealkylation sites (tertiary alicyclic amines) is 1. The Morgan fingerprint density at radius 3 is 2.44 bits per heavy atom. The molecule has 0 radical (unpaired) electrons. The highest BCUT2D eigenvalue weighted by Crippen LogP contribution is 2.19. The first-order valence-corrected chi connectivity index (χ1v) is 9.10. The smallest absolute Gasteiger partial charge is 0.253 e. The molecule has 25 heavy (non-hydrogen) atoms. The monoisotopic (exact) mass is 340 g/mol. The standard InChI is InChI=1S/C20H28N4O/c1-15-12-16(2)24(22-15)14-18-4-6-19(7-5-18)20(25)23-10-8-17(9-11-23)13-21-3/h4-7,12,17,21H,8-11,13-14H2,1-3H3. The highest BCUT2D eigenvalue weighted by Gasteiger charge is 2.23. The van der Waals surface area contributed by atoms with E-state index < -0.39 is 0 Å². The molecule has 0 spiro atoms. The van der Waals surface area contributed by atoms with Crippen LogP contribution in [0.2, 0.25) is 0 Å². The predicted octanol–water partition coefficient (Wildman–Crippen LogP) is 2.62. The van der Waals surface area contributed by atoms with Crippen molar-refractivity contribution in [1.82, 2.24) is 20.0 Å². The average Bonchev–Trinajstić information content (AvgIpc) is 2.93. The molecule has 1 aromatic carbocycles. The van der Waals surface area contributed by atoms with E-state index in [1.807, 2.05) is 47.8 Å². The molecule has 1 aliphatic heterocycles. The summed E-state index contributed by atoms with van der Waals surface area (Å²) in [5, 5.41) is 7.73. The molecule has 5 nitrogen and oxygen atoms in total. The number of aryl methyl sites for hydroxylation is 2. The van der Waals surface area contributed by atoms with E-state index >= 15 is 0 Å². The molecule has 2 heterocycles. The summed E-state index contributed by atoms with van der Waals surface area (Å²) in [5.41, 5.74) is 4.13. The number of piperidine rings is 1. The van der Waals surface area contributed by atoms with Crippen LogP contribution in [0.4, 0.5) is 0 Å². The lowest BCUT2D eigenvalue weighted by atomic mass is 9.96. The maximum absolute atomic E-state index is 12.7. The molecule has 0 bridgehead atoms. The van der Waals surface area contributed by atoms with Gasteiger partial charge >= 0.3 is 0 Å². The number of hydrogen-bond donors (Lipinski definition) is 1. The van der Waals surface area contributed by atoms with Gasteiger partial charge in [-0.05, 0) is 70.0 Å². The molecule has 1 amide bonds. The lowest BCUT2D eigenvalue weighted by Gasteiger charge is -2.32. The Morgan fingerprint density at radius 1 is 1.20 bits per heavy atom. The number of amides is 1. The largest absolute Gasteiger partial charge is 0.339 e. The third-order valence-electron chi connectivity index (χ3n) is 5.03. The first kappa shape index (κ1) is 17.7. The number of hydrogen-bond acceptors (Lipinski definition) is 3. The maximum atomic E-state index is 12.7. The molecule has 1 aliphatic rings. The van der Waals surface area contributed by atoms with Gasteiger partial charge in [0.25, 0.3) is 5.91 Å². The lowest BCUT2D eigenvalue weighted by Crippen LogP contribution is -2.40. The Kier molecular flexibility index (Phi) is 5.53. The fourth-order valence-electron chi connectivity index (χ4n) is 3.57. The summed E-state index contributed by atoms with van der Waals surface area (Å²) in [6.07, 6.45) is 2.17. The molecule has 2 aromatic rings. The van der Waals surface area contributed by atoms with Crippen molar-refractivity contribution in [2.45, 2.75) is 33.2 Å². The van der Waals surface area contributed by atoms with Crippen LogP contribution >= 0.6 is 0 Å². The van der Waals surface area contributed by atoms with Crippen molar-refractivity contribution in [2.75, 3.05) is 26.7 Å². The summed E-state index contributed by atoms with van der Waals surface area (Å²) in [5.74, 6) is 0.845. The van der Waals surface area contributed by atoms with Gasteiger partial charge in [-0.2, -0.15) is 5.10 Å². The summed E-state index contributed by atoms with van der Waals surface area (Å²) in [7, 11) is 1.99. The van der Waals surface area contributed by atoms with Crippen molar-refractivity contribution in [2.24, 2.45) is 5.92 Å². The van der Waals surface area contributed by atoms with Gasteiger partial charge in [0.2, 0.25) is 0 Å². The van der Waals surface area contributed by atoms with Gasteiger partial charge in [-0.3, -0.25) is 9.48 Å². The number of aromatic nitrogens is 2. The van der Waals surface area contributed by atoms with Crippen molar-refractivity contribution < 1.29 is 4.79 Å². The summed E-state index contributed by atoms with van der Waals surface area (Å²) in [6.45, 7) is 7.57. The van der Waals surface area contributed by atoms with Crippen molar-refractivity contribution in [3.63, 3.8) is 0 Å². The molecule has 3 rings (SSSR count). The topological polar surface area (TPSA) is 50.2 Å². The van der Waals surface area contributed by atoms with Gasteiger partial charge in [0.05, 0.1) is 12.2 Å². The first-order valence-electron chi connectivity index (χ1n) is 9.10. The minimum atomic E-state index is 0.153. The van der Waals surface area contributed by atoms with Crippen LogP contribution in [0.1, 0.15) is 40.2 Å². The normalized spacial score (nSPS) is 15.6. The number of carbonyl (C=O) groups excluding carboxylic acids is 1. The SMILES string of the molecule is CNCC1CCN(C(=O)c2ccc(Cn3nc(C)cc3C)cc2)CC1. The molecular formula is C20H28N4O. The average molecular weight is 340 g/mol. The molecule has 1 saturated heterocycles. The van der Waals surface area contributed by atoms with Crippen LogP contribution in [0.15, 0.2) is 30.3 Å². The van der Waals surface area contributed by atoms with Crippen LogP contribution in [-0.4, -0.2) is 47.3 Å².